The van der Waals surface area contributed by atoms with Gasteiger partial charge in [-0.15, -0.1) is 0 Å². The molecule has 0 saturated heterocycles. The third-order valence-electron chi connectivity index (χ3n) is 3.06. The molecule has 102 valence electrons. The molecule has 0 unspecified atom stereocenters. The molecule has 0 spiro atoms. The van der Waals surface area contributed by atoms with Crippen LogP contribution in [0.5, 0.6) is 0 Å². The number of benzene rings is 2. The van der Waals surface area contributed by atoms with E-state index < -0.39 is 0 Å². The maximum atomic E-state index is 2.22. The molecule has 2 rings (SSSR count). The summed E-state index contributed by atoms with van der Waals surface area (Å²) in [5.74, 6) is 0. The van der Waals surface area contributed by atoms with Gasteiger partial charge < -0.3 is 0 Å². The van der Waals surface area contributed by atoms with Gasteiger partial charge in [0.05, 0.1) is 0 Å². The van der Waals surface area contributed by atoms with E-state index in [-0.39, 0.29) is 0 Å². The van der Waals surface area contributed by atoms with Gasteiger partial charge in [0.25, 0.3) is 0 Å². The van der Waals surface area contributed by atoms with Crippen molar-refractivity contribution in [3.8, 4) is 0 Å². The summed E-state index contributed by atoms with van der Waals surface area (Å²) in [4.78, 5) is 0. The van der Waals surface area contributed by atoms with Gasteiger partial charge in [0.1, 0.15) is 0 Å². The Morgan fingerprint density at radius 1 is 0.684 bits per heavy atom. The van der Waals surface area contributed by atoms with E-state index in [1.807, 2.05) is 0 Å². The first-order valence-electron chi connectivity index (χ1n) is 7.07. The molecule has 1 heteroatoms. The highest BCUT2D eigenvalue weighted by Gasteiger charge is 2.00. The quantitative estimate of drug-likeness (QED) is 0.708. The van der Waals surface area contributed by atoms with Crippen LogP contribution in [0.25, 0.3) is 0 Å². The first kappa shape index (κ1) is 15.9. The van der Waals surface area contributed by atoms with Crippen molar-refractivity contribution in [2.45, 2.75) is 40.5 Å². The molecule has 2 aromatic carbocycles. The summed E-state index contributed by atoms with van der Waals surface area (Å²) >= 11 is 0. The van der Waals surface area contributed by atoms with E-state index in [2.05, 4.69) is 76.2 Å². The summed E-state index contributed by atoms with van der Waals surface area (Å²) < 4.78 is 0. The molecule has 0 nitrogen and oxygen atoms in total. The number of rotatable bonds is 3. The van der Waals surface area contributed by atoms with Crippen LogP contribution < -0.4 is 10.6 Å². The first-order chi connectivity index (χ1) is 9.19. The third kappa shape index (κ3) is 5.57. The number of hydrogen-bond donors (Lipinski definition) is 0. The Kier molecular flexibility index (Phi) is 7.45. The first-order valence-corrected chi connectivity index (χ1v) is 8.07. The second kappa shape index (κ2) is 8.88. The number of aryl methyl sites for hydroxylation is 2. The van der Waals surface area contributed by atoms with Gasteiger partial charge in [-0.3, -0.25) is 0 Å². The van der Waals surface area contributed by atoms with Crippen molar-refractivity contribution >= 4 is 19.2 Å². The minimum Gasteiger partial charge on any atom is -0.0654 e. The lowest BCUT2D eigenvalue weighted by Crippen LogP contribution is -2.08. The topological polar surface area (TPSA) is 0 Å². The van der Waals surface area contributed by atoms with Crippen LogP contribution in [-0.4, -0.2) is 0 Å². The lowest BCUT2D eigenvalue weighted by molar-refractivity contribution is 0.886. The maximum absolute atomic E-state index is 2.22. The summed E-state index contributed by atoms with van der Waals surface area (Å²) in [5.41, 5.74) is 2.78. The molecule has 0 radical (unpaired) electrons. The molecular formula is C18H25P. The van der Waals surface area contributed by atoms with Crippen molar-refractivity contribution in [2.24, 2.45) is 0 Å². The van der Waals surface area contributed by atoms with Crippen molar-refractivity contribution in [3.05, 3.63) is 59.7 Å². The van der Waals surface area contributed by atoms with E-state index in [4.69, 9.17) is 0 Å². The third-order valence-corrected chi connectivity index (χ3v) is 4.72. The van der Waals surface area contributed by atoms with Gasteiger partial charge in [0, 0.05) is 0 Å². The highest BCUT2D eigenvalue weighted by atomic mass is 31.1. The molecule has 0 bridgehead atoms. The van der Waals surface area contributed by atoms with E-state index in [1.165, 1.54) is 34.6 Å². The summed E-state index contributed by atoms with van der Waals surface area (Å²) in [6.07, 6.45) is 2.64. The second-order valence-electron chi connectivity index (χ2n) is 4.75. The van der Waals surface area contributed by atoms with Crippen molar-refractivity contribution < 1.29 is 0 Å². The van der Waals surface area contributed by atoms with Gasteiger partial charge in [-0.05, 0) is 35.6 Å². The molecule has 19 heavy (non-hydrogen) atoms. The fourth-order valence-electron chi connectivity index (χ4n) is 1.57. The molecular weight excluding hydrogens is 247 g/mol. The fourth-order valence-corrected chi connectivity index (χ4v) is 2.78. The van der Waals surface area contributed by atoms with Gasteiger partial charge in [0.2, 0.25) is 0 Å². The Morgan fingerprint density at radius 3 is 1.37 bits per heavy atom. The fraction of sp³-hybridized carbons (Fsp3) is 0.333. The largest absolute Gasteiger partial charge is 0.0654 e. The van der Waals surface area contributed by atoms with Crippen molar-refractivity contribution in [2.75, 3.05) is 0 Å². The highest BCUT2D eigenvalue weighted by molar-refractivity contribution is 7.55. The van der Waals surface area contributed by atoms with Crippen LogP contribution in [0.4, 0.5) is 0 Å². The van der Waals surface area contributed by atoms with Gasteiger partial charge in [-0.25, -0.2) is 0 Å². The molecule has 0 aromatic heterocycles. The minimum atomic E-state index is 0.774. The van der Waals surface area contributed by atoms with E-state index >= 15 is 0 Å². The highest BCUT2D eigenvalue weighted by Crippen LogP contribution is 2.15. The van der Waals surface area contributed by atoms with E-state index in [9.17, 15) is 0 Å². The van der Waals surface area contributed by atoms with E-state index in [0.29, 0.717) is 0 Å². The Morgan fingerprint density at radius 2 is 1.05 bits per heavy atom. The Bertz CT molecular complexity index is 443. The van der Waals surface area contributed by atoms with Crippen LogP contribution in [0.1, 0.15) is 37.8 Å². The standard InChI is InChI=1S/C14H15P.C4H10/c1-11-7-3-5-9-13(11)15-14-10-6-4-8-12(14)2;1-3-4-2/h3-10,15H,1-2H3;3-4H2,1-2H3. The van der Waals surface area contributed by atoms with Crippen LogP contribution >= 0.6 is 8.58 Å². The molecule has 2 aromatic rings. The molecule has 0 fully saturated rings. The van der Waals surface area contributed by atoms with Crippen molar-refractivity contribution in [3.63, 3.8) is 0 Å². The summed E-state index contributed by atoms with van der Waals surface area (Å²) in [7, 11) is 0.774. The molecule has 0 aliphatic carbocycles. The minimum absolute atomic E-state index is 0.774. The maximum Gasteiger partial charge on any atom is -0.0197 e. The van der Waals surface area contributed by atoms with Gasteiger partial charge in [-0.1, -0.05) is 83.8 Å². The van der Waals surface area contributed by atoms with Gasteiger partial charge >= 0.3 is 0 Å². The van der Waals surface area contributed by atoms with E-state index in [0.717, 1.165) is 8.58 Å². The smallest absolute Gasteiger partial charge is 0.0197 e. The average molecular weight is 272 g/mol. The molecule has 0 N–H and O–H groups in total. The SMILES string of the molecule is CCCC.Cc1ccccc1Pc1ccccc1C. The van der Waals surface area contributed by atoms with Crippen LogP contribution in [0.3, 0.4) is 0 Å². The number of unbranched alkanes of at least 4 members (excludes halogenated alkanes) is 1. The van der Waals surface area contributed by atoms with Crippen LogP contribution in [0.15, 0.2) is 48.5 Å². The van der Waals surface area contributed by atoms with Crippen LogP contribution in [-0.2, 0) is 0 Å². The van der Waals surface area contributed by atoms with E-state index in [1.54, 1.807) is 0 Å². The molecule has 0 atom stereocenters. The Balaban J connectivity index is 0.000000399. The molecule has 0 heterocycles. The normalized spacial score (nSPS) is 9.68. The molecule has 0 amide bonds. The predicted octanol–water partition coefficient (Wildman–Crippen LogP) is 4.74. The predicted molar refractivity (Wildman–Crippen MR) is 90.5 cm³/mol. The molecule has 0 saturated carbocycles. The van der Waals surface area contributed by atoms with Gasteiger partial charge in [-0.2, -0.15) is 0 Å². The zero-order valence-electron chi connectivity index (χ0n) is 12.5. The average Bonchev–Trinajstić information content (AvgIpc) is 2.44. The molecule has 0 aliphatic heterocycles. The Hall–Kier alpha value is -1.13. The Labute approximate surface area is 120 Å². The molecule has 0 aliphatic rings. The zero-order valence-corrected chi connectivity index (χ0v) is 13.5. The van der Waals surface area contributed by atoms with Crippen molar-refractivity contribution in [1.29, 1.82) is 0 Å². The summed E-state index contributed by atoms with van der Waals surface area (Å²) in [6, 6.07) is 17.2. The van der Waals surface area contributed by atoms with Gasteiger partial charge in [0.15, 0.2) is 0 Å². The lowest BCUT2D eigenvalue weighted by Gasteiger charge is -2.08. The lowest BCUT2D eigenvalue weighted by atomic mass is 10.2. The summed E-state index contributed by atoms with van der Waals surface area (Å²) in [5, 5.41) is 2.90. The number of hydrogen-bond acceptors (Lipinski definition) is 0. The summed E-state index contributed by atoms with van der Waals surface area (Å²) in [6.45, 7) is 8.72. The second-order valence-corrected chi connectivity index (χ2v) is 6.08. The van der Waals surface area contributed by atoms with Crippen molar-refractivity contribution in [1.82, 2.24) is 0 Å². The van der Waals surface area contributed by atoms with Crippen LogP contribution in [0.2, 0.25) is 0 Å². The zero-order chi connectivity index (χ0) is 14.1. The van der Waals surface area contributed by atoms with Crippen LogP contribution in [0, 0.1) is 13.8 Å². The monoisotopic (exact) mass is 272 g/mol.